The van der Waals surface area contributed by atoms with Crippen LogP contribution in [0.25, 0.3) is 0 Å². The van der Waals surface area contributed by atoms with Crippen LogP contribution in [-0.2, 0) is 0 Å². The maximum absolute atomic E-state index is 2.73. The van der Waals surface area contributed by atoms with E-state index in [2.05, 4.69) is 88.0 Å². The van der Waals surface area contributed by atoms with Gasteiger partial charge in [-0.25, -0.2) is 0 Å². The van der Waals surface area contributed by atoms with Crippen molar-refractivity contribution < 1.29 is 0 Å². The zero-order valence-electron chi connectivity index (χ0n) is 16.0. The second-order valence-corrected chi connectivity index (χ2v) is 15.1. The molecule has 0 unspecified atom stereocenters. The summed E-state index contributed by atoms with van der Waals surface area (Å²) in [4.78, 5) is 2.73. The topological polar surface area (TPSA) is 3.24 Å². The first-order valence-corrected chi connectivity index (χ1v) is 9.98. The Morgan fingerprint density at radius 1 is 0.800 bits per heavy atom. The SMILES string of the molecule is CC(C)N(C1=P(C(C)(C)C)(C(C)(C)C)C1(C)C)C(C)C. The first kappa shape index (κ1) is 18.3. The molecule has 20 heavy (non-hydrogen) atoms. The predicted octanol–water partition coefficient (Wildman–Crippen LogP) is 5.64. The van der Waals surface area contributed by atoms with Gasteiger partial charge in [-0.05, 0) is 38.0 Å². The van der Waals surface area contributed by atoms with Gasteiger partial charge in [0.2, 0.25) is 0 Å². The number of hydrogen-bond acceptors (Lipinski definition) is 1. The summed E-state index contributed by atoms with van der Waals surface area (Å²) in [5.74, 6) is 0. The Hall–Kier alpha value is 0.260. The summed E-state index contributed by atoms with van der Waals surface area (Å²) in [6.07, 6.45) is 0. The van der Waals surface area contributed by atoms with Gasteiger partial charge in [-0.2, -0.15) is 0 Å². The van der Waals surface area contributed by atoms with E-state index in [4.69, 9.17) is 0 Å². The number of nitrogens with zero attached hydrogens (tertiary/aromatic N) is 1. The average molecular weight is 299 g/mol. The lowest BCUT2D eigenvalue weighted by atomic mass is 10.1. The zero-order chi connectivity index (χ0) is 16.3. The van der Waals surface area contributed by atoms with E-state index < -0.39 is 6.89 Å². The number of rotatable bonds is 3. The molecule has 0 aromatic rings. The summed E-state index contributed by atoms with van der Waals surface area (Å²) < 4.78 is 0. The fourth-order valence-electron chi connectivity index (χ4n) is 5.45. The van der Waals surface area contributed by atoms with Crippen molar-refractivity contribution in [3.05, 3.63) is 0 Å². The minimum atomic E-state index is -1.19. The normalized spacial score (nSPS) is 22.1. The molecule has 1 nitrogen and oxygen atoms in total. The quantitative estimate of drug-likeness (QED) is 0.609. The van der Waals surface area contributed by atoms with Crippen molar-refractivity contribution in [3.8, 4) is 0 Å². The van der Waals surface area contributed by atoms with Crippen LogP contribution < -0.4 is 0 Å². The molecule has 0 saturated carbocycles. The second kappa shape index (κ2) is 4.88. The third kappa shape index (κ3) is 2.24. The van der Waals surface area contributed by atoms with Crippen LogP contribution in [0.15, 0.2) is 0 Å². The van der Waals surface area contributed by atoms with Crippen LogP contribution in [0.5, 0.6) is 0 Å². The Labute approximate surface area is 128 Å². The van der Waals surface area contributed by atoms with E-state index in [0.717, 1.165) is 0 Å². The van der Waals surface area contributed by atoms with E-state index in [0.29, 0.717) is 27.6 Å². The van der Waals surface area contributed by atoms with Gasteiger partial charge in [0, 0.05) is 22.7 Å². The van der Waals surface area contributed by atoms with Crippen LogP contribution in [-0.4, -0.2) is 37.9 Å². The molecule has 0 fully saturated rings. The van der Waals surface area contributed by atoms with E-state index >= 15 is 0 Å². The van der Waals surface area contributed by atoms with Crippen molar-refractivity contribution in [3.63, 3.8) is 0 Å². The minimum Gasteiger partial charge on any atom is -0.273 e. The molecule has 0 amide bonds. The largest absolute Gasteiger partial charge is 0.273 e. The Bertz CT molecular complexity index is 401. The van der Waals surface area contributed by atoms with Gasteiger partial charge < -0.3 is 0 Å². The van der Waals surface area contributed by atoms with Gasteiger partial charge in [0.15, 0.2) is 0 Å². The molecular formula is C18H38NP. The van der Waals surface area contributed by atoms with Crippen LogP contribution in [0.1, 0.15) is 83.1 Å². The highest BCUT2D eigenvalue weighted by Crippen LogP contribution is 2.87. The zero-order valence-corrected chi connectivity index (χ0v) is 16.9. The van der Waals surface area contributed by atoms with Gasteiger partial charge in [-0.15, -0.1) is 0 Å². The van der Waals surface area contributed by atoms with Gasteiger partial charge >= 0.3 is 0 Å². The van der Waals surface area contributed by atoms with Crippen molar-refractivity contribution in [2.24, 2.45) is 0 Å². The van der Waals surface area contributed by atoms with E-state index in [1.54, 1.807) is 5.42 Å². The van der Waals surface area contributed by atoms with Crippen molar-refractivity contribution >= 4 is 12.3 Å². The Kier molecular flexibility index (Phi) is 4.47. The third-order valence-corrected chi connectivity index (χ3v) is 12.1. The summed E-state index contributed by atoms with van der Waals surface area (Å²) >= 11 is 0. The molecule has 0 saturated heterocycles. The van der Waals surface area contributed by atoms with Crippen molar-refractivity contribution in [2.75, 3.05) is 0 Å². The molecule has 0 bridgehead atoms. The van der Waals surface area contributed by atoms with E-state index in [1.165, 1.54) is 0 Å². The Morgan fingerprint density at radius 3 is 1.25 bits per heavy atom. The highest BCUT2D eigenvalue weighted by molar-refractivity contribution is 7.90. The molecular weight excluding hydrogens is 261 g/mol. The molecule has 0 aromatic heterocycles. The molecule has 1 aliphatic rings. The molecule has 0 atom stereocenters. The molecule has 0 aliphatic carbocycles. The van der Waals surface area contributed by atoms with Crippen LogP contribution in [0, 0.1) is 0 Å². The Morgan fingerprint density at radius 2 is 1.10 bits per heavy atom. The lowest BCUT2D eigenvalue weighted by molar-refractivity contribution is 0.292. The molecule has 0 spiro atoms. The summed E-state index contributed by atoms with van der Waals surface area (Å²) in [5.41, 5.74) is 1.79. The Balaban J connectivity index is 3.66. The maximum atomic E-state index is 2.73. The standard InChI is InChI=1S/C18H38NP/c1-13(2)19(14(3)4)15-18(11,12)20(15,16(5,6)7)17(8,9)10/h13-14H,1-12H3. The highest BCUT2D eigenvalue weighted by atomic mass is 31.2. The lowest BCUT2D eigenvalue weighted by Gasteiger charge is -2.43. The van der Waals surface area contributed by atoms with Crippen molar-refractivity contribution in [1.82, 2.24) is 4.90 Å². The fraction of sp³-hybridized carbons (Fsp3) is 0.944. The minimum absolute atomic E-state index is 0.381. The van der Waals surface area contributed by atoms with Gasteiger partial charge in [0.1, 0.15) is 0 Å². The van der Waals surface area contributed by atoms with Gasteiger partial charge in [-0.1, -0.05) is 62.3 Å². The van der Waals surface area contributed by atoms with E-state index in [9.17, 15) is 0 Å². The monoisotopic (exact) mass is 299 g/mol. The fourth-order valence-corrected chi connectivity index (χ4v) is 14.4. The predicted molar refractivity (Wildman–Crippen MR) is 97.6 cm³/mol. The van der Waals surface area contributed by atoms with E-state index in [1.807, 2.05) is 0 Å². The van der Waals surface area contributed by atoms with E-state index in [-0.39, 0.29) is 0 Å². The molecule has 1 heterocycles. The molecule has 1 aliphatic heterocycles. The van der Waals surface area contributed by atoms with Gasteiger partial charge in [0.25, 0.3) is 0 Å². The summed E-state index contributed by atoms with van der Waals surface area (Å²) in [7, 11) is 0. The molecule has 1 rings (SSSR count). The summed E-state index contributed by atoms with van der Waals surface area (Å²) in [6.45, 7) is 28.0. The third-order valence-electron chi connectivity index (χ3n) is 5.02. The van der Waals surface area contributed by atoms with Crippen molar-refractivity contribution in [1.29, 1.82) is 0 Å². The second-order valence-electron chi connectivity index (χ2n) is 9.49. The maximum Gasteiger partial charge on any atom is 0.0220 e. The van der Waals surface area contributed by atoms with Crippen LogP contribution in [0.3, 0.4) is 0 Å². The van der Waals surface area contributed by atoms with Crippen LogP contribution in [0.2, 0.25) is 0 Å². The van der Waals surface area contributed by atoms with Gasteiger partial charge in [0.05, 0.1) is 0 Å². The first-order chi connectivity index (χ1) is 8.64. The van der Waals surface area contributed by atoms with Crippen molar-refractivity contribution in [2.45, 2.75) is 111 Å². The van der Waals surface area contributed by atoms with Gasteiger partial charge in [-0.3, -0.25) is 4.90 Å². The molecule has 0 N–H and O–H groups in total. The number of hydrogen-bond donors (Lipinski definition) is 0. The summed E-state index contributed by atoms with van der Waals surface area (Å²) in [5, 5.41) is 1.15. The molecule has 120 valence electrons. The molecule has 0 aromatic carbocycles. The smallest absolute Gasteiger partial charge is 0.0220 e. The van der Waals surface area contributed by atoms with Crippen LogP contribution in [0.4, 0.5) is 0 Å². The first-order valence-electron chi connectivity index (χ1n) is 8.19. The highest BCUT2D eigenvalue weighted by Gasteiger charge is 2.67. The molecule has 0 radical (unpaired) electrons. The average Bonchev–Trinajstić information content (AvgIpc) is 2.60. The lowest BCUT2D eigenvalue weighted by Crippen LogP contribution is -2.41. The van der Waals surface area contributed by atoms with Crippen LogP contribution >= 0.6 is 6.89 Å². The summed E-state index contributed by atoms with van der Waals surface area (Å²) in [6, 6.07) is 1.19. The molecule has 2 heteroatoms.